The molecule has 0 unspecified atom stereocenters. The van der Waals surface area contributed by atoms with Crippen molar-refractivity contribution in [2.24, 2.45) is 0 Å². The minimum atomic E-state index is -4.73. The van der Waals surface area contributed by atoms with Crippen LogP contribution in [0.3, 0.4) is 0 Å². The summed E-state index contributed by atoms with van der Waals surface area (Å²) in [6.07, 6.45) is -0.989. The van der Waals surface area contributed by atoms with Gasteiger partial charge in [0.25, 0.3) is 0 Å². The van der Waals surface area contributed by atoms with Gasteiger partial charge >= 0.3 is 6.36 Å². The van der Waals surface area contributed by atoms with Crippen LogP contribution in [0, 0.1) is 0 Å². The van der Waals surface area contributed by atoms with Crippen LogP contribution in [-0.2, 0) is 11.2 Å². The molecular weight excluding hydrogens is 333 g/mol. The molecular formula is C18H25F3N2O2. The third-order valence-electron chi connectivity index (χ3n) is 4.36. The summed E-state index contributed by atoms with van der Waals surface area (Å²) in [4.78, 5) is 16.6. The van der Waals surface area contributed by atoms with Gasteiger partial charge in [-0.15, -0.1) is 13.2 Å². The number of hydrogen-bond acceptors (Lipinski definition) is 3. The highest BCUT2D eigenvalue weighted by atomic mass is 19.4. The Bertz CT molecular complexity index is 557. The molecule has 1 amide bonds. The Hall–Kier alpha value is -1.76. The molecule has 1 aliphatic rings. The molecule has 1 aliphatic heterocycles. The van der Waals surface area contributed by atoms with Crippen molar-refractivity contribution >= 4 is 5.91 Å². The summed E-state index contributed by atoms with van der Waals surface area (Å²) in [6.45, 7) is 6.14. The van der Waals surface area contributed by atoms with Crippen LogP contribution >= 0.6 is 0 Å². The van der Waals surface area contributed by atoms with Gasteiger partial charge in [0.2, 0.25) is 5.91 Å². The van der Waals surface area contributed by atoms with Crippen LogP contribution in [0.25, 0.3) is 0 Å². The first-order chi connectivity index (χ1) is 11.9. The van der Waals surface area contributed by atoms with Gasteiger partial charge in [-0.3, -0.25) is 4.79 Å². The number of rotatable bonds is 7. The fraction of sp³-hybridized carbons (Fsp3) is 0.611. The fourth-order valence-corrected chi connectivity index (χ4v) is 3.04. The van der Waals surface area contributed by atoms with Crippen LogP contribution < -0.4 is 4.74 Å². The van der Waals surface area contributed by atoms with Crippen molar-refractivity contribution < 1.29 is 22.7 Å². The summed E-state index contributed by atoms with van der Waals surface area (Å²) in [5.74, 6) is -0.377. The molecule has 0 spiro atoms. The molecule has 0 N–H and O–H groups in total. The van der Waals surface area contributed by atoms with Crippen molar-refractivity contribution in [1.29, 1.82) is 0 Å². The third-order valence-corrected chi connectivity index (χ3v) is 4.36. The minimum Gasteiger partial charge on any atom is -0.406 e. The lowest BCUT2D eigenvalue weighted by atomic mass is 10.1. The second-order valence-corrected chi connectivity index (χ2v) is 6.25. The molecule has 1 aromatic carbocycles. The Morgan fingerprint density at radius 3 is 2.60 bits per heavy atom. The third kappa shape index (κ3) is 6.94. The van der Waals surface area contributed by atoms with E-state index in [1.54, 1.807) is 11.0 Å². The second kappa shape index (κ2) is 9.08. The topological polar surface area (TPSA) is 32.8 Å². The predicted octanol–water partition coefficient (Wildman–Crippen LogP) is 3.46. The number of amides is 1. The first kappa shape index (κ1) is 19.6. The SMILES string of the molecule is CCN(CCN1CCCCC1)C(=O)Cc1cccc(OC(F)(F)F)c1. The fourth-order valence-electron chi connectivity index (χ4n) is 3.04. The number of benzene rings is 1. The van der Waals surface area contributed by atoms with E-state index in [4.69, 9.17) is 0 Å². The Balaban J connectivity index is 1.88. The van der Waals surface area contributed by atoms with Crippen molar-refractivity contribution in [3.05, 3.63) is 29.8 Å². The summed E-state index contributed by atoms with van der Waals surface area (Å²) >= 11 is 0. The maximum Gasteiger partial charge on any atom is 0.573 e. The number of alkyl halides is 3. The van der Waals surface area contributed by atoms with Crippen molar-refractivity contribution in [2.45, 2.75) is 39.0 Å². The van der Waals surface area contributed by atoms with E-state index >= 15 is 0 Å². The molecule has 4 nitrogen and oxygen atoms in total. The zero-order chi connectivity index (χ0) is 18.3. The molecule has 140 valence electrons. The summed E-state index contributed by atoms with van der Waals surface area (Å²) in [6, 6.07) is 5.60. The average molecular weight is 358 g/mol. The maximum absolute atomic E-state index is 12.5. The van der Waals surface area contributed by atoms with Crippen LogP contribution in [-0.4, -0.2) is 54.8 Å². The smallest absolute Gasteiger partial charge is 0.406 e. The lowest BCUT2D eigenvalue weighted by Gasteiger charge is -2.29. The van der Waals surface area contributed by atoms with Crippen molar-refractivity contribution in [3.63, 3.8) is 0 Å². The highest BCUT2D eigenvalue weighted by Crippen LogP contribution is 2.23. The van der Waals surface area contributed by atoms with Gasteiger partial charge in [0.15, 0.2) is 0 Å². The van der Waals surface area contributed by atoms with Crippen LogP contribution in [0.4, 0.5) is 13.2 Å². The lowest BCUT2D eigenvalue weighted by Crippen LogP contribution is -2.41. The van der Waals surface area contributed by atoms with Gasteiger partial charge < -0.3 is 14.5 Å². The number of likely N-dealkylation sites (tertiary alicyclic amines) is 1. The molecule has 0 saturated carbocycles. The summed E-state index contributed by atoms with van der Waals surface area (Å²) < 4.78 is 40.8. The number of nitrogens with zero attached hydrogens (tertiary/aromatic N) is 2. The molecule has 1 heterocycles. The van der Waals surface area contributed by atoms with E-state index in [1.165, 1.54) is 37.5 Å². The highest BCUT2D eigenvalue weighted by molar-refractivity contribution is 5.78. The van der Waals surface area contributed by atoms with Crippen LogP contribution in [0.1, 0.15) is 31.7 Å². The van der Waals surface area contributed by atoms with E-state index in [9.17, 15) is 18.0 Å². The van der Waals surface area contributed by atoms with Gasteiger partial charge in [0, 0.05) is 19.6 Å². The largest absolute Gasteiger partial charge is 0.573 e. The van der Waals surface area contributed by atoms with Gasteiger partial charge in [-0.25, -0.2) is 0 Å². The Labute approximate surface area is 146 Å². The standard InChI is InChI=1S/C18H25F3N2O2/c1-2-23(12-11-22-9-4-3-5-10-22)17(24)14-15-7-6-8-16(13-15)25-18(19,20)21/h6-8,13H,2-5,9-12,14H2,1H3. The van der Waals surface area contributed by atoms with Gasteiger partial charge in [0.05, 0.1) is 6.42 Å². The number of carbonyl (C=O) groups excluding carboxylic acids is 1. The molecule has 1 saturated heterocycles. The Morgan fingerprint density at radius 1 is 1.24 bits per heavy atom. The van der Waals surface area contributed by atoms with E-state index < -0.39 is 6.36 Å². The van der Waals surface area contributed by atoms with Gasteiger partial charge in [0.1, 0.15) is 5.75 Å². The summed E-state index contributed by atoms with van der Waals surface area (Å²) in [7, 11) is 0. The predicted molar refractivity (Wildman–Crippen MR) is 89.4 cm³/mol. The van der Waals surface area contributed by atoms with E-state index in [0.717, 1.165) is 19.6 Å². The highest BCUT2D eigenvalue weighted by Gasteiger charge is 2.31. The number of halogens is 3. The molecule has 7 heteroatoms. The minimum absolute atomic E-state index is 0.0723. The number of hydrogen-bond donors (Lipinski definition) is 0. The molecule has 0 aliphatic carbocycles. The van der Waals surface area contributed by atoms with Crippen molar-refractivity contribution in [2.75, 3.05) is 32.7 Å². The van der Waals surface area contributed by atoms with E-state index in [1.807, 2.05) is 6.92 Å². The molecule has 1 fully saturated rings. The number of ether oxygens (including phenoxy) is 1. The maximum atomic E-state index is 12.5. The zero-order valence-electron chi connectivity index (χ0n) is 14.5. The zero-order valence-corrected chi connectivity index (χ0v) is 14.5. The molecule has 0 aromatic heterocycles. The quantitative estimate of drug-likeness (QED) is 0.748. The summed E-state index contributed by atoms with van der Waals surface area (Å²) in [5, 5.41) is 0. The van der Waals surface area contributed by atoms with E-state index in [2.05, 4.69) is 9.64 Å². The van der Waals surface area contributed by atoms with Crippen molar-refractivity contribution in [3.8, 4) is 5.75 Å². The Kier molecular flexibility index (Phi) is 7.11. The van der Waals surface area contributed by atoms with E-state index in [-0.39, 0.29) is 18.1 Å². The average Bonchev–Trinajstić information content (AvgIpc) is 2.55. The van der Waals surface area contributed by atoms with Crippen LogP contribution in [0.15, 0.2) is 24.3 Å². The first-order valence-corrected chi connectivity index (χ1v) is 8.72. The van der Waals surface area contributed by atoms with Gasteiger partial charge in [-0.05, 0) is 50.6 Å². The molecule has 0 bridgehead atoms. The van der Waals surface area contributed by atoms with Crippen LogP contribution in [0.5, 0.6) is 5.75 Å². The first-order valence-electron chi connectivity index (χ1n) is 8.72. The molecule has 25 heavy (non-hydrogen) atoms. The molecule has 0 radical (unpaired) electrons. The monoisotopic (exact) mass is 358 g/mol. The molecule has 2 rings (SSSR count). The lowest BCUT2D eigenvalue weighted by molar-refractivity contribution is -0.274. The number of likely N-dealkylation sites (N-methyl/N-ethyl adjacent to an activating group) is 1. The number of piperidine rings is 1. The summed E-state index contributed by atoms with van der Waals surface area (Å²) in [5.41, 5.74) is 0.517. The molecule has 0 atom stereocenters. The van der Waals surface area contributed by atoms with Gasteiger partial charge in [-0.2, -0.15) is 0 Å². The molecule has 1 aromatic rings. The Morgan fingerprint density at radius 2 is 1.96 bits per heavy atom. The van der Waals surface area contributed by atoms with Crippen molar-refractivity contribution in [1.82, 2.24) is 9.80 Å². The number of carbonyl (C=O) groups is 1. The van der Waals surface area contributed by atoms with E-state index in [0.29, 0.717) is 18.7 Å². The second-order valence-electron chi connectivity index (χ2n) is 6.25. The van der Waals surface area contributed by atoms with Crippen LogP contribution in [0.2, 0.25) is 0 Å². The van der Waals surface area contributed by atoms with Gasteiger partial charge in [-0.1, -0.05) is 18.6 Å². The normalized spacial score (nSPS) is 15.8.